The van der Waals surface area contributed by atoms with Gasteiger partial charge in [-0.15, -0.1) is 11.3 Å². The third-order valence-electron chi connectivity index (χ3n) is 2.77. The molecule has 0 spiro atoms. The van der Waals surface area contributed by atoms with E-state index in [1.165, 1.54) is 0 Å². The molecule has 1 aromatic rings. The Morgan fingerprint density at radius 3 is 3.12 bits per heavy atom. The number of likely N-dealkylation sites (N-methyl/N-ethyl adjacent to an activating group) is 1. The second kappa shape index (κ2) is 5.25. The molecule has 6 heteroatoms. The Hall–Kier alpha value is -0.780. The number of piperidine rings is 1. The lowest BCUT2D eigenvalue weighted by molar-refractivity contribution is 0.0955. The van der Waals surface area contributed by atoms with Gasteiger partial charge < -0.3 is 15.4 Å². The zero-order valence-electron chi connectivity index (χ0n) is 9.61. The van der Waals surface area contributed by atoms with Gasteiger partial charge >= 0.3 is 0 Å². The van der Waals surface area contributed by atoms with Gasteiger partial charge in [-0.3, -0.25) is 4.79 Å². The standard InChI is InChI=1S/C11H15ClN2O2S/c1-14-4-2-3-7(6-14)16-8-5-9(12)17-10(8)11(13)15/h5,7H,2-4,6H2,1H3,(H2,13,15). The van der Waals surface area contributed by atoms with Gasteiger partial charge in [-0.2, -0.15) is 0 Å². The molecule has 2 N–H and O–H groups in total. The van der Waals surface area contributed by atoms with Gasteiger partial charge in [0.05, 0.1) is 4.34 Å². The van der Waals surface area contributed by atoms with Crippen LogP contribution in [-0.2, 0) is 0 Å². The largest absolute Gasteiger partial charge is 0.487 e. The molecule has 1 saturated heterocycles. The molecule has 4 nitrogen and oxygen atoms in total. The maximum Gasteiger partial charge on any atom is 0.262 e. The van der Waals surface area contributed by atoms with Gasteiger partial charge in [-0.05, 0) is 26.4 Å². The smallest absolute Gasteiger partial charge is 0.262 e. The molecule has 1 aliphatic heterocycles. The van der Waals surface area contributed by atoms with E-state index in [0.717, 1.165) is 37.3 Å². The van der Waals surface area contributed by atoms with Gasteiger partial charge in [0.2, 0.25) is 0 Å². The predicted octanol–water partition coefficient (Wildman–Crippen LogP) is 1.97. The molecule has 1 amide bonds. The third-order valence-corrected chi connectivity index (χ3v) is 4.03. The Morgan fingerprint density at radius 2 is 2.47 bits per heavy atom. The van der Waals surface area contributed by atoms with Crippen LogP contribution in [0.3, 0.4) is 0 Å². The molecule has 1 unspecified atom stereocenters. The number of ether oxygens (including phenoxy) is 1. The second-order valence-corrected chi connectivity index (χ2v) is 5.94. The van der Waals surface area contributed by atoms with E-state index in [-0.39, 0.29) is 6.10 Å². The number of carbonyl (C=O) groups is 1. The summed E-state index contributed by atoms with van der Waals surface area (Å²) < 4.78 is 6.35. The van der Waals surface area contributed by atoms with E-state index in [1.807, 2.05) is 0 Å². The monoisotopic (exact) mass is 274 g/mol. The van der Waals surface area contributed by atoms with E-state index in [1.54, 1.807) is 6.07 Å². The summed E-state index contributed by atoms with van der Waals surface area (Å²) >= 11 is 7.04. The molecule has 0 aromatic carbocycles. The van der Waals surface area contributed by atoms with Crippen LogP contribution in [0.4, 0.5) is 0 Å². The molecule has 94 valence electrons. The van der Waals surface area contributed by atoms with Crippen LogP contribution in [0, 0.1) is 0 Å². The molecule has 2 heterocycles. The zero-order valence-corrected chi connectivity index (χ0v) is 11.2. The number of nitrogens with zero attached hydrogens (tertiary/aromatic N) is 1. The number of rotatable bonds is 3. The molecule has 0 aliphatic carbocycles. The summed E-state index contributed by atoms with van der Waals surface area (Å²) in [6, 6.07) is 1.67. The molecule has 1 atom stereocenters. The number of carbonyl (C=O) groups excluding carboxylic acids is 1. The van der Waals surface area contributed by atoms with Crippen molar-refractivity contribution in [3.63, 3.8) is 0 Å². The van der Waals surface area contributed by atoms with Crippen molar-refractivity contribution in [3.8, 4) is 5.75 Å². The summed E-state index contributed by atoms with van der Waals surface area (Å²) in [5.41, 5.74) is 5.28. The summed E-state index contributed by atoms with van der Waals surface area (Å²) in [6.45, 7) is 1.96. The van der Waals surface area contributed by atoms with Gasteiger partial charge in [0.15, 0.2) is 0 Å². The number of hydrogen-bond donors (Lipinski definition) is 1. The number of amides is 1. The number of primary amides is 1. The van der Waals surface area contributed by atoms with Crippen molar-refractivity contribution in [2.45, 2.75) is 18.9 Å². The molecule has 0 saturated carbocycles. The van der Waals surface area contributed by atoms with Crippen molar-refractivity contribution < 1.29 is 9.53 Å². The maximum atomic E-state index is 11.2. The highest BCUT2D eigenvalue weighted by Crippen LogP contribution is 2.33. The molecule has 17 heavy (non-hydrogen) atoms. The quantitative estimate of drug-likeness (QED) is 0.917. The van der Waals surface area contributed by atoms with Crippen LogP contribution in [0.25, 0.3) is 0 Å². The van der Waals surface area contributed by atoms with Gasteiger partial charge in [0.25, 0.3) is 5.91 Å². The minimum absolute atomic E-state index is 0.109. The number of likely N-dealkylation sites (tertiary alicyclic amines) is 1. The minimum Gasteiger partial charge on any atom is -0.487 e. The average Bonchev–Trinajstić information content (AvgIpc) is 2.59. The molecular weight excluding hydrogens is 260 g/mol. The second-order valence-electron chi connectivity index (χ2n) is 4.25. The number of halogens is 1. The zero-order chi connectivity index (χ0) is 12.4. The van der Waals surface area contributed by atoms with Crippen LogP contribution in [0.2, 0.25) is 4.34 Å². The summed E-state index contributed by atoms with van der Waals surface area (Å²) in [5.74, 6) is 0.0360. The fraction of sp³-hybridized carbons (Fsp3) is 0.545. The SMILES string of the molecule is CN1CCCC(Oc2cc(Cl)sc2C(N)=O)C1. The lowest BCUT2D eigenvalue weighted by atomic mass is 10.1. The van der Waals surface area contributed by atoms with E-state index in [4.69, 9.17) is 22.1 Å². The van der Waals surface area contributed by atoms with E-state index in [0.29, 0.717) is 15.0 Å². The molecule has 2 rings (SSSR count). The first kappa shape index (κ1) is 12.7. The first-order chi connectivity index (χ1) is 8.06. The van der Waals surface area contributed by atoms with Crippen molar-refractivity contribution in [2.24, 2.45) is 5.73 Å². The van der Waals surface area contributed by atoms with Crippen LogP contribution < -0.4 is 10.5 Å². The fourth-order valence-corrected chi connectivity index (χ4v) is 3.00. The van der Waals surface area contributed by atoms with Gasteiger partial charge in [0, 0.05) is 12.6 Å². The predicted molar refractivity (Wildman–Crippen MR) is 69.0 cm³/mol. The Morgan fingerprint density at radius 1 is 1.71 bits per heavy atom. The minimum atomic E-state index is -0.485. The highest BCUT2D eigenvalue weighted by atomic mass is 35.5. The topological polar surface area (TPSA) is 55.6 Å². The number of thiophene rings is 1. The van der Waals surface area contributed by atoms with Gasteiger partial charge in [0.1, 0.15) is 16.7 Å². The first-order valence-corrected chi connectivity index (χ1v) is 6.70. The Kier molecular flexibility index (Phi) is 3.91. The molecule has 0 radical (unpaired) electrons. The van der Waals surface area contributed by atoms with Crippen molar-refractivity contribution in [1.29, 1.82) is 0 Å². The average molecular weight is 275 g/mol. The summed E-state index contributed by atoms with van der Waals surface area (Å²) in [4.78, 5) is 13.8. The Balaban J connectivity index is 2.09. The van der Waals surface area contributed by atoms with Crippen LogP contribution in [0.1, 0.15) is 22.5 Å². The fourth-order valence-electron chi connectivity index (χ4n) is 2.00. The van der Waals surface area contributed by atoms with E-state index < -0.39 is 5.91 Å². The van der Waals surface area contributed by atoms with Crippen molar-refractivity contribution >= 4 is 28.8 Å². The Labute approximate surface area is 109 Å². The lowest BCUT2D eigenvalue weighted by Gasteiger charge is -2.29. The van der Waals surface area contributed by atoms with E-state index in [9.17, 15) is 4.79 Å². The normalized spacial score (nSPS) is 21.4. The first-order valence-electron chi connectivity index (χ1n) is 5.50. The maximum absolute atomic E-state index is 11.2. The number of hydrogen-bond acceptors (Lipinski definition) is 4. The van der Waals surface area contributed by atoms with Crippen LogP contribution in [0.15, 0.2) is 6.07 Å². The van der Waals surface area contributed by atoms with Crippen LogP contribution in [0.5, 0.6) is 5.75 Å². The number of nitrogens with two attached hydrogens (primary N) is 1. The lowest BCUT2D eigenvalue weighted by Crippen LogP contribution is -2.38. The van der Waals surface area contributed by atoms with E-state index >= 15 is 0 Å². The van der Waals surface area contributed by atoms with Crippen LogP contribution >= 0.6 is 22.9 Å². The Bertz CT molecular complexity index is 422. The van der Waals surface area contributed by atoms with Crippen LogP contribution in [-0.4, -0.2) is 37.0 Å². The van der Waals surface area contributed by atoms with Gasteiger partial charge in [-0.25, -0.2) is 0 Å². The molecular formula is C11H15ClN2O2S. The third kappa shape index (κ3) is 3.12. The molecule has 1 fully saturated rings. The molecule has 1 aliphatic rings. The van der Waals surface area contributed by atoms with E-state index in [2.05, 4.69) is 11.9 Å². The summed E-state index contributed by atoms with van der Waals surface area (Å²) in [7, 11) is 2.06. The van der Waals surface area contributed by atoms with Crippen molar-refractivity contribution in [3.05, 3.63) is 15.3 Å². The van der Waals surface area contributed by atoms with Crippen molar-refractivity contribution in [1.82, 2.24) is 4.90 Å². The summed E-state index contributed by atoms with van der Waals surface area (Å²) in [5, 5.41) is 0. The van der Waals surface area contributed by atoms with Crippen molar-refractivity contribution in [2.75, 3.05) is 20.1 Å². The highest BCUT2D eigenvalue weighted by molar-refractivity contribution is 7.18. The summed E-state index contributed by atoms with van der Waals surface area (Å²) in [6.07, 6.45) is 2.21. The molecule has 0 bridgehead atoms. The molecule has 1 aromatic heterocycles. The highest BCUT2D eigenvalue weighted by Gasteiger charge is 2.22. The van der Waals surface area contributed by atoms with Gasteiger partial charge in [-0.1, -0.05) is 11.6 Å².